The molecule has 0 atom stereocenters. The molecular formula is C16H16ClN4O3+. The number of anilines is 1. The smallest absolute Gasteiger partial charge is 0.288 e. The van der Waals surface area contributed by atoms with E-state index in [0.717, 1.165) is 5.82 Å². The third-order valence-electron chi connectivity index (χ3n) is 3.99. The summed E-state index contributed by atoms with van der Waals surface area (Å²) < 4.78 is 0. The average Bonchev–Trinajstić information content (AvgIpc) is 2.62. The number of H-pyrrole nitrogens is 1. The summed E-state index contributed by atoms with van der Waals surface area (Å²) in [5, 5.41) is 11.0. The zero-order valence-corrected chi connectivity index (χ0v) is 13.6. The Morgan fingerprint density at radius 2 is 1.92 bits per heavy atom. The van der Waals surface area contributed by atoms with Crippen LogP contribution in [0, 0.1) is 10.1 Å². The van der Waals surface area contributed by atoms with Crippen LogP contribution in [0.2, 0.25) is 5.02 Å². The van der Waals surface area contributed by atoms with Gasteiger partial charge in [0.1, 0.15) is 18.1 Å². The Hall–Kier alpha value is -2.67. The lowest BCUT2D eigenvalue weighted by atomic mass is 10.1. The number of halogens is 1. The minimum absolute atomic E-state index is 0.0287. The van der Waals surface area contributed by atoms with Crippen LogP contribution in [-0.2, 0) is 0 Å². The summed E-state index contributed by atoms with van der Waals surface area (Å²) in [7, 11) is 0. The van der Waals surface area contributed by atoms with E-state index in [2.05, 4.69) is 9.88 Å². The number of hydrogen-bond acceptors (Lipinski definition) is 4. The maximum atomic E-state index is 12.6. The van der Waals surface area contributed by atoms with E-state index in [1.54, 1.807) is 4.90 Å². The summed E-state index contributed by atoms with van der Waals surface area (Å²) in [6.45, 7) is 2.50. The molecule has 2 heterocycles. The third kappa shape index (κ3) is 3.30. The molecule has 7 nitrogen and oxygen atoms in total. The van der Waals surface area contributed by atoms with Gasteiger partial charge >= 0.3 is 0 Å². The number of aromatic nitrogens is 1. The molecule has 1 fully saturated rings. The van der Waals surface area contributed by atoms with Crippen molar-refractivity contribution < 1.29 is 14.7 Å². The van der Waals surface area contributed by atoms with Gasteiger partial charge in [-0.3, -0.25) is 19.8 Å². The summed E-state index contributed by atoms with van der Waals surface area (Å²) in [4.78, 5) is 30.0. The van der Waals surface area contributed by atoms with Gasteiger partial charge in [0.05, 0.1) is 24.2 Å². The largest absolute Gasteiger partial charge is 0.331 e. The van der Waals surface area contributed by atoms with Crippen molar-refractivity contribution in [2.45, 2.75) is 0 Å². The van der Waals surface area contributed by atoms with E-state index in [1.807, 2.05) is 24.4 Å². The Labute approximate surface area is 143 Å². The Balaban J connectivity index is 1.69. The lowest BCUT2D eigenvalue weighted by Crippen LogP contribution is -2.50. The van der Waals surface area contributed by atoms with E-state index in [1.165, 1.54) is 18.2 Å². The van der Waals surface area contributed by atoms with E-state index < -0.39 is 4.92 Å². The van der Waals surface area contributed by atoms with Gasteiger partial charge in [0.2, 0.25) is 0 Å². The first-order valence-corrected chi connectivity index (χ1v) is 7.89. The van der Waals surface area contributed by atoms with Crippen LogP contribution < -0.4 is 9.88 Å². The molecule has 0 radical (unpaired) electrons. The molecule has 1 saturated heterocycles. The summed E-state index contributed by atoms with van der Waals surface area (Å²) in [6.07, 6.45) is 1.86. The summed E-state index contributed by atoms with van der Waals surface area (Å²) in [6, 6.07) is 10.0. The Kier molecular flexibility index (Phi) is 4.61. The fraction of sp³-hybridized carbons (Fsp3) is 0.250. The quantitative estimate of drug-likeness (QED) is 0.628. The second-order valence-corrected chi connectivity index (χ2v) is 5.86. The van der Waals surface area contributed by atoms with Gasteiger partial charge in [-0.15, -0.1) is 0 Å². The monoisotopic (exact) mass is 347 g/mol. The minimum atomic E-state index is -0.581. The number of rotatable bonds is 3. The number of carbonyl (C=O) groups is 1. The van der Waals surface area contributed by atoms with E-state index in [9.17, 15) is 14.9 Å². The number of amides is 1. The van der Waals surface area contributed by atoms with E-state index in [0.29, 0.717) is 26.2 Å². The number of benzene rings is 1. The molecule has 0 bridgehead atoms. The van der Waals surface area contributed by atoms with E-state index >= 15 is 0 Å². The van der Waals surface area contributed by atoms with Crippen molar-refractivity contribution in [1.29, 1.82) is 0 Å². The van der Waals surface area contributed by atoms with Gasteiger partial charge in [0.25, 0.3) is 17.4 Å². The highest BCUT2D eigenvalue weighted by Crippen LogP contribution is 2.26. The van der Waals surface area contributed by atoms with Gasteiger partial charge in [-0.05, 0) is 18.2 Å². The van der Waals surface area contributed by atoms with Crippen LogP contribution in [0.5, 0.6) is 0 Å². The van der Waals surface area contributed by atoms with Crippen molar-refractivity contribution in [2.75, 3.05) is 31.1 Å². The summed E-state index contributed by atoms with van der Waals surface area (Å²) >= 11 is 5.79. The molecule has 1 aromatic heterocycles. The number of nitro benzene ring substituents is 1. The molecule has 1 aliphatic rings. The van der Waals surface area contributed by atoms with Crippen molar-refractivity contribution in [3.8, 4) is 0 Å². The van der Waals surface area contributed by atoms with Gasteiger partial charge in [-0.1, -0.05) is 17.7 Å². The third-order valence-corrected chi connectivity index (χ3v) is 4.31. The van der Waals surface area contributed by atoms with Gasteiger partial charge in [0, 0.05) is 17.7 Å². The number of hydrogen-bond donors (Lipinski definition) is 0. The van der Waals surface area contributed by atoms with Gasteiger partial charge in [-0.25, -0.2) is 4.98 Å². The van der Waals surface area contributed by atoms with E-state index in [4.69, 9.17) is 11.6 Å². The normalized spacial score (nSPS) is 14.5. The maximum absolute atomic E-state index is 12.6. The molecule has 1 aliphatic heterocycles. The van der Waals surface area contributed by atoms with Gasteiger partial charge in [-0.2, -0.15) is 0 Å². The molecule has 8 heteroatoms. The van der Waals surface area contributed by atoms with Crippen LogP contribution in [0.4, 0.5) is 11.5 Å². The zero-order chi connectivity index (χ0) is 17.1. The fourth-order valence-electron chi connectivity index (χ4n) is 2.70. The predicted octanol–water partition coefficient (Wildman–Crippen LogP) is 2.02. The van der Waals surface area contributed by atoms with Crippen molar-refractivity contribution in [2.24, 2.45) is 0 Å². The number of nitrogens with one attached hydrogen (secondary N) is 1. The molecule has 0 spiro atoms. The molecule has 3 rings (SSSR count). The molecule has 1 aromatic carbocycles. The summed E-state index contributed by atoms with van der Waals surface area (Å²) in [5.41, 5.74) is 0.0332. The molecular weight excluding hydrogens is 332 g/mol. The van der Waals surface area contributed by atoms with Crippen molar-refractivity contribution in [1.82, 2.24) is 4.90 Å². The van der Waals surface area contributed by atoms with Crippen molar-refractivity contribution >= 4 is 29.0 Å². The van der Waals surface area contributed by atoms with Crippen LogP contribution >= 0.6 is 11.6 Å². The van der Waals surface area contributed by atoms with E-state index in [-0.39, 0.29) is 22.2 Å². The number of nitro groups is 1. The number of pyridine rings is 1. The molecule has 124 valence electrons. The highest BCUT2D eigenvalue weighted by atomic mass is 35.5. The molecule has 2 aromatic rings. The first-order chi connectivity index (χ1) is 11.6. The van der Waals surface area contributed by atoms with Crippen molar-refractivity contribution in [3.05, 3.63) is 63.3 Å². The minimum Gasteiger partial charge on any atom is -0.331 e. The first kappa shape index (κ1) is 16.2. The molecule has 0 aliphatic carbocycles. The molecule has 0 saturated carbocycles. The first-order valence-electron chi connectivity index (χ1n) is 7.51. The maximum Gasteiger partial charge on any atom is 0.288 e. The zero-order valence-electron chi connectivity index (χ0n) is 12.8. The van der Waals surface area contributed by atoms with Crippen LogP contribution in [0.1, 0.15) is 10.4 Å². The van der Waals surface area contributed by atoms with Crippen molar-refractivity contribution in [3.63, 3.8) is 0 Å². The Bertz CT molecular complexity index is 761. The lowest BCUT2D eigenvalue weighted by molar-refractivity contribution is -0.384. The van der Waals surface area contributed by atoms with Gasteiger partial charge < -0.3 is 4.90 Å². The van der Waals surface area contributed by atoms with Gasteiger partial charge in [0.15, 0.2) is 0 Å². The number of nitrogens with zero attached hydrogens (tertiary/aromatic N) is 3. The molecule has 0 unspecified atom stereocenters. The second kappa shape index (κ2) is 6.84. The summed E-state index contributed by atoms with van der Waals surface area (Å²) in [5.74, 6) is 0.790. The Morgan fingerprint density at radius 1 is 1.17 bits per heavy atom. The fourth-order valence-corrected chi connectivity index (χ4v) is 2.89. The average molecular weight is 348 g/mol. The van der Waals surface area contributed by atoms with Crippen LogP contribution in [0.3, 0.4) is 0 Å². The second-order valence-electron chi connectivity index (χ2n) is 5.45. The van der Waals surface area contributed by atoms with Crippen LogP contribution in [0.25, 0.3) is 0 Å². The SMILES string of the molecule is O=C(c1ccc(Cl)c([N+](=O)[O-])c1)N1CCN(c2cccc[nH+]2)CC1. The molecule has 24 heavy (non-hydrogen) atoms. The molecule has 1 amide bonds. The molecule has 1 N–H and O–H groups in total. The number of piperazine rings is 1. The van der Waals surface area contributed by atoms with Crippen LogP contribution in [0.15, 0.2) is 42.6 Å². The number of aromatic amines is 1. The highest BCUT2D eigenvalue weighted by Gasteiger charge is 2.27. The standard InChI is InChI=1S/C16H15ClN4O3/c17-13-5-4-12(11-14(13)21(23)24)16(22)20-9-7-19(8-10-20)15-3-1-2-6-18-15/h1-6,11H,7-10H2/p+1. The Morgan fingerprint density at radius 3 is 2.54 bits per heavy atom. The highest BCUT2D eigenvalue weighted by molar-refractivity contribution is 6.32. The lowest BCUT2D eigenvalue weighted by Gasteiger charge is -2.31. The van der Waals surface area contributed by atoms with Crippen LogP contribution in [-0.4, -0.2) is 41.9 Å². The number of carbonyl (C=O) groups excluding carboxylic acids is 1. The topological polar surface area (TPSA) is 80.8 Å². The predicted molar refractivity (Wildman–Crippen MR) is 89.2 cm³/mol.